The number of halogens is 2. The number of fused-ring (bicyclic) bond motifs is 3. The van der Waals surface area contributed by atoms with E-state index in [1.807, 2.05) is 4.90 Å². The fourth-order valence-corrected chi connectivity index (χ4v) is 6.34. The third kappa shape index (κ3) is 3.63. The topological polar surface area (TPSA) is 81.2 Å². The Morgan fingerprint density at radius 3 is 2.94 bits per heavy atom. The third-order valence-electron chi connectivity index (χ3n) is 7.93. The minimum atomic E-state index is -0.639. The number of piperazine rings is 2. The van der Waals surface area contributed by atoms with Gasteiger partial charge in [0.2, 0.25) is 0 Å². The Bertz CT molecular complexity index is 1180. The van der Waals surface area contributed by atoms with Gasteiger partial charge in [-0.2, -0.15) is 0 Å². The van der Waals surface area contributed by atoms with Gasteiger partial charge in [-0.1, -0.05) is 17.7 Å². The van der Waals surface area contributed by atoms with Crippen LogP contribution in [0.3, 0.4) is 0 Å². The SMILES string of the molecule is CC12CCCN1CCN(c1nc(-c3c(O)cccc3F)c(Cl)c3c1C(=O)N1CCNC[C@@H]1CO3)C2. The summed E-state index contributed by atoms with van der Waals surface area (Å²) in [7, 11) is 0. The van der Waals surface area contributed by atoms with Crippen LogP contribution >= 0.6 is 11.6 Å². The van der Waals surface area contributed by atoms with Gasteiger partial charge in [0.15, 0.2) is 5.75 Å². The number of ether oxygens (including phenoxy) is 1. The van der Waals surface area contributed by atoms with Crippen molar-refractivity contribution in [1.29, 1.82) is 0 Å². The Labute approximate surface area is 208 Å². The molecule has 2 atom stereocenters. The minimum Gasteiger partial charge on any atom is -0.507 e. The van der Waals surface area contributed by atoms with Crippen LogP contribution < -0.4 is 15.0 Å². The van der Waals surface area contributed by atoms with Gasteiger partial charge in [0.25, 0.3) is 5.91 Å². The van der Waals surface area contributed by atoms with Crippen molar-refractivity contribution < 1.29 is 19.0 Å². The van der Waals surface area contributed by atoms with Gasteiger partial charge >= 0.3 is 0 Å². The summed E-state index contributed by atoms with van der Waals surface area (Å²) in [6.07, 6.45) is 2.19. The van der Waals surface area contributed by atoms with Gasteiger partial charge in [0.05, 0.1) is 11.6 Å². The number of phenolic OH excluding ortho intramolecular Hbond substituents is 1. The van der Waals surface area contributed by atoms with Crippen molar-refractivity contribution in [2.75, 3.05) is 57.3 Å². The number of carbonyl (C=O) groups is 1. The lowest BCUT2D eigenvalue weighted by Crippen LogP contribution is -2.58. The van der Waals surface area contributed by atoms with Crippen molar-refractivity contribution in [3.63, 3.8) is 0 Å². The van der Waals surface area contributed by atoms with Crippen LogP contribution in [0.25, 0.3) is 11.3 Å². The van der Waals surface area contributed by atoms with E-state index in [9.17, 15) is 14.3 Å². The van der Waals surface area contributed by atoms with Crippen LogP contribution in [0.5, 0.6) is 11.5 Å². The second-order valence-corrected chi connectivity index (χ2v) is 10.5. The Hall–Kier alpha value is -2.62. The maximum Gasteiger partial charge on any atom is 0.261 e. The lowest BCUT2D eigenvalue weighted by Gasteiger charge is -2.46. The molecule has 3 fully saturated rings. The second-order valence-electron chi connectivity index (χ2n) is 10.1. The lowest BCUT2D eigenvalue weighted by atomic mass is 9.95. The molecule has 5 heterocycles. The number of nitrogens with zero attached hydrogens (tertiary/aromatic N) is 4. The number of hydrogen-bond donors (Lipinski definition) is 2. The largest absolute Gasteiger partial charge is 0.507 e. The fraction of sp³-hybridized carbons (Fsp3) is 0.520. The van der Waals surface area contributed by atoms with E-state index in [0.29, 0.717) is 44.1 Å². The summed E-state index contributed by atoms with van der Waals surface area (Å²) >= 11 is 6.79. The van der Waals surface area contributed by atoms with E-state index in [1.165, 1.54) is 18.2 Å². The van der Waals surface area contributed by atoms with Crippen molar-refractivity contribution in [2.24, 2.45) is 0 Å². The van der Waals surface area contributed by atoms with Gasteiger partial charge in [0, 0.05) is 44.8 Å². The smallest absolute Gasteiger partial charge is 0.261 e. The van der Waals surface area contributed by atoms with Crippen LogP contribution in [0.2, 0.25) is 5.02 Å². The zero-order valence-electron chi connectivity index (χ0n) is 19.7. The zero-order valence-corrected chi connectivity index (χ0v) is 20.4. The van der Waals surface area contributed by atoms with Crippen LogP contribution in [0.1, 0.15) is 30.1 Å². The molecule has 0 bridgehead atoms. The molecule has 6 rings (SSSR count). The number of pyridine rings is 1. The molecule has 0 aliphatic carbocycles. The standard InChI is InChI=1S/C25H29ClFN5O3/c1-25-6-3-8-31(25)11-10-30(14-25)23-19-22(35-13-15-12-28-7-9-32(15)24(19)34)20(26)21(29-23)18-16(27)4-2-5-17(18)33/h2,4-5,15,28,33H,3,6-14H2,1H3/t15-,25?/m1/s1. The van der Waals surface area contributed by atoms with Crippen LogP contribution in [0.4, 0.5) is 10.2 Å². The number of aromatic hydroxyl groups is 1. The highest BCUT2D eigenvalue weighted by Gasteiger charge is 2.44. The normalized spacial score (nSPS) is 26.6. The van der Waals surface area contributed by atoms with Crippen molar-refractivity contribution >= 4 is 23.3 Å². The van der Waals surface area contributed by atoms with Gasteiger partial charge in [-0.25, -0.2) is 9.37 Å². The summed E-state index contributed by atoms with van der Waals surface area (Å²) in [5.74, 6) is -0.415. The summed E-state index contributed by atoms with van der Waals surface area (Å²) in [6, 6.07) is 3.95. The molecule has 4 aliphatic rings. The van der Waals surface area contributed by atoms with E-state index in [4.69, 9.17) is 21.3 Å². The molecule has 2 N–H and O–H groups in total. The van der Waals surface area contributed by atoms with Gasteiger partial charge in [-0.05, 0) is 38.4 Å². The molecule has 4 aliphatic heterocycles. The highest BCUT2D eigenvalue weighted by molar-refractivity contribution is 6.35. The van der Waals surface area contributed by atoms with E-state index >= 15 is 0 Å². The number of phenols is 1. The summed E-state index contributed by atoms with van der Waals surface area (Å²) in [5, 5.41) is 13.9. The minimum absolute atomic E-state index is 0.0288. The zero-order chi connectivity index (χ0) is 24.3. The van der Waals surface area contributed by atoms with Gasteiger partial charge in [-0.15, -0.1) is 0 Å². The first-order valence-corrected chi connectivity index (χ1v) is 12.6. The van der Waals surface area contributed by atoms with E-state index in [0.717, 1.165) is 25.9 Å². The maximum atomic E-state index is 15.0. The molecule has 1 amide bonds. The van der Waals surface area contributed by atoms with Crippen LogP contribution in [-0.4, -0.2) is 89.8 Å². The van der Waals surface area contributed by atoms with Crippen molar-refractivity contribution in [3.05, 3.63) is 34.6 Å². The Kier molecular flexibility index (Phi) is 5.54. The van der Waals surface area contributed by atoms with E-state index < -0.39 is 5.82 Å². The number of carbonyl (C=O) groups excluding carboxylic acids is 1. The summed E-state index contributed by atoms with van der Waals surface area (Å²) in [4.78, 5) is 25.2. The Balaban J connectivity index is 1.55. The first kappa shape index (κ1) is 22.8. The van der Waals surface area contributed by atoms with Crippen molar-refractivity contribution in [1.82, 2.24) is 20.1 Å². The van der Waals surface area contributed by atoms with E-state index in [-0.39, 0.29) is 51.9 Å². The predicted molar refractivity (Wildman–Crippen MR) is 131 cm³/mol. The first-order valence-electron chi connectivity index (χ1n) is 12.2. The second kappa shape index (κ2) is 8.50. The monoisotopic (exact) mass is 501 g/mol. The van der Waals surface area contributed by atoms with Crippen LogP contribution in [-0.2, 0) is 0 Å². The lowest BCUT2D eigenvalue weighted by molar-refractivity contribution is 0.0606. The number of aromatic nitrogens is 1. The molecule has 0 spiro atoms. The number of hydrogen-bond acceptors (Lipinski definition) is 7. The molecule has 1 unspecified atom stereocenters. The molecule has 1 aromatic carbocycles. The summed E-state index contributed by atoms with van der Waals surface area (Å²) in [5.41, 5.74) is 0.292. The van der Waals surface area contributed by atoms with Crippen molar-refractivity contribution in [2.45, 2.75) is 31.3 Å². The highest BCUT2D eigenvalue weighted by atomic mass is 35.5. The average molecular weight is 502 g/mol. The van der Waals surface area contributed by atoms with Gasteiger partial charge in [0.1, 0.15) is 40.3 Å². The number of nitrogens with one attached hydrogen (secondary N) is 1. The molecule has 186 valence electrons. The van der Waals surface area contributed by atoms with Crippen LogP contribution in [0, 0.1) is 5.82 Å². The molecule has 10 heteroatoms. The summed E-state index contributed by atoms with van der Waals surface area (Å²) < 4.78 is 21.1. The third-order valence-corrected chi connectivity index (χ3v) is 8.28. The average Bonchev–Trinajstić information content (AvgIpc) is 3.17. The Morgan fingerprint density at radius 1 is 1.26 bits per heavy atom. The molecule has 2 aromatic rings. The first-order chi connectivity index (χ1) is 16.9. The van der Waals surface area contributed by atoms with Gasteiger partial charge in [-0.3, -0.25) is 9.69 Å². The molecule has 0 radical (unpaired) electrons. The molecule has 3 saturated heterocycles. The Morgan fingerprint density at radius 2 is 2.11 bits per heavy atom. The van der Waals surface area contributed by atoms with Crippen molar-refractivity contribution in [3.8, 4) is 22.8 Å². The highest BCUT2D eigenvalue weighted by Crippen LogP contribution is 2.46. The van der Waals surface area contributed by atoms with E-state index in [1.54, 1.807) is 0 Å². The number of anilines is 1. The van der Waals surface area contributed by atoms with Gasteiger partial charge < -0.3 is 25.0 Å². The quantitative estimate of drug-likeness (QED) is 0.655. The molecular weight excluding hydrogens is 473 g/mol. The predicted octanol–water partition coefficient (Wildman–Crippen LogP) is 2.73. The number of amides is 1. The molecule has 1 aromatic heterocycles. The molecule has 0 saturated carbocycles. The van der Waals surface area contributed by atoms with E-state index in [2.05, 4.69) is 22.0 Å². The molecule has 8 nitrogen and oxygen atoms in total. The molecule has 35 heavy (non-hydrogen) atoms. The number of rotatable bonds is 2. The summed E-state index contributed by atoms with van der Waals surface area (Å²) in [6.45, 7) is 7.68. The maximum absolute atomic E-state index is 15.0. The van der Waals surface area contributed by atoms with Crippen LogP contribution in [0.15, 0.2) is 18.2 Å². The molecular formula is C25H29ClFN5O3. The fourth-order valence-electron chi connectivity index (χ4n) is 6.05. The number of benzene rings is 1.